The van der Waals surface area contributed by atoms with Gasteiger partial charge in [-0.2, -0.15) is 0 Å². The van der Waals surface area contributed by atoms with Crippen molar-refractivity contribution in [1.82, 2.24) is 15.1 Å². The summed E-state index contributed by atoms with van der Waals surface area (Å²) in [5.41, 5.74) is 0.813. The molecule has 0 saturated carbocycles. The minimum absolute atomic E-state index is 0.365. The lowest BCUT2D eigenvalue weighted by molar-refractivity contribution is 0.0635. The number of rotatable bonds is 4. The molecule has 0 saturated heterocycles. The highest BCUT2D eigenvalue weighted by atomic mass is 16.6. The molecular weight excluding hydrogens is 348 g/mol. The molecule has 3 aromatic heterocycles. The molecule has 1 amide bonds. The maximum atomic E-state index is 11.8. The molecule has 0 aliphatic rings. The van der Waals surface area contributed by atoms with Gasteiger partial charge in [0, 0.05) is 18.3 Å². The maximum absolute atomic E-state index is 11.8. The number of carbonyl (C=O) groups excluding carboxylic acids is 1. The molecule has 3 heterocycles. The molecule has 3 aromatic rings. The molecule has 1 N–H and O–H groups in total. The third kappa shape index (κ3) is 5.27. The van der Waals surface area contributed by atoms with Crippen molar-refractivity contribution in [3.63, 3.8) is 0 Å². The Labute approximate surface area is 156 Å². The Morgan fingerprint density at radius 1 is 1.11 bits per heavy atom. The number of hydrogen-bond acceptors (Lipinski definition) is 7. The van der Waals surface area contributed by atoms with Gasteiger partial charge >= 0.3 is 6.09 Å². The molecule has 0 atom stereocenters. The van der Waals surface area contributed by atoms with Crippen LogP contribution >= 0.6 is 0 Å². The van der Waals surface area contributed by atoms with Gasteiger partial charge in [0.2, 0.25) is 0 Å². The Hall–Kier alpha value is -3.42. The molecule has 0 fully saturated rings. The number of anilines is 1. The summed E-state index contributed by atoms with van der Waals surface area (Å²) in [6.45, 7) is 7.21. The quantitative estimate of drug-likeness (QED) is 0.719. The molecule has 27 heavy (non-hydrogen) atoms. The van der Waals surface area contributed by atoms with Crippen LogP contribution < -0.4 is 10.1 Å². The van der Waals surface area contributed by atoms with E-state index in [9.17, 15) is 4.79 Å². The van der Waals surface area contributed by atoms with E-state index in [0.717, 1.165) is 5.69 Å². The second kappa shape index (κ2) is 7.45. The van der Waals surface area contributed by atoms with E-state index in [0.29, 0.717) is 28.8 Å². The Morgan fingerprint density at radius 2 is 1.93 bits per heavy atom. The zero-order chi connectivity index (χ0) is 19.4. The zero-order valence-electron chi connectivity index (χ0n) is 15.5. The van der Waals surface area contributed by atoms with Gasteiger partial charge < -0.3 is 14.0 Å². The normalized spacial score (nSPS) is 11.1. The summed E-state index contributed by atoms with van der Waals surface area (Å²) in [6, 6.07) is 8.58. The third-order valence-electron chi connectivity index (χ3n) is 3.21. The number of nitrogens with one attached hydrogen (secondary N) is 1. The van der Waals surface area contributed by atoms with E-state index < -0.39 is 11.7 Å². The number of pyridine rings is 2. The van der Waals surface area contributed by atoms with Crippen molar-refractivity contribution in [2.24, 2.45) is 0 Å². The SMILES string of the molecule is Cc1cc(-c2cc(Oc3ccc(NC(=O)OC(C)(C)C)nc3)ccn2)on1. The van der Waals surface area contributed by atoms with Crippen LogP contribution in [0.4, 0.5) is 10.6 Å². The monoisotopic (exact) mass is 368 g/mol. The highest BCUT2D eigenvalue weighted by Crippen LogP contribution is 2.26. The van der Waals surface area contributed by atoms with Gasteiger partial charge in [0.1, 0.15) is 28.6 Å². The van der Waals surface area contributed by atoms with Crippen molar-refractivity contribution in [2.75, 3.05) is 5.32 Å². The molecule has 8 heteroatoms. The number of carbonyl (C=O) groups is 1. The molecular formula is C19H20N4O4. The highest BCUT2D eigenvalue weighted by Gasteiger charge is 2.16. The number of nitrogens with zero attached hydrogens (tertiary/aromatic N) is 3. The third-order valence-corrected chi connectivity index (χ3v) is 3.21. The summed E-state index contributed by atoms with van der Waals surface area (Å²) < 4.78 is 16.2. The molecule has 0 aliphatic heterocycles. The largest absolute Gasteiger partial charge is 0.456 e. The first kappa shape index (κ1) is 18.4. The fourth-order valence-corrected chi connectivity index (χ4v) is 2.15. The number of aromatic nitrogens is 3. The van der Waals surface area contributed by atoms with Crippen molar-refractivity contribution >= 4 is 11.9 Å². The number of aryl methyl sites for hydroxylation is 1. The van der Waals surface area contributed by atoms with Crippen LogP contribution in [0.2, 0.25) is 0 Å². The molecule has 0 radical (unpaired) electrons. The Bertz CT molecular complexity index is 929. The first-order chi connectivity index (χ1) is 12.8. The van der Waals surface area contributed by atoms with Crippen LogP contribution in [0.5, 0.6) is 11.5 Å². The Kier molecular flexibility index (Phi) is 5.07. The van der Waals surface area contributed by atoms with Gasteiger partial charge in [0.25, 0.3) is 0 Å². The molecule has 0 unspecified atom stereocenters. The van der Waals surface area contributed by atoms with Crippen LogP contribution in [0.3, 0.4) is 0 Å². The Balaban J connectivity index is 1.66. The van der Waals surface area contributed by atoms with E-state index in [1.165, 1.54) is 6.20 Å². The second-order valence-electron chi connectivity index (χ2n) is 6.82. The van der Waals surface area contributed by atoms with Gasteiger partial charge in [-0.1, -0.05) is 5.16 Å². The van der Waals surface area contributed by atoms with E-state index in [-0.39, 0.29) is 0 Å². The average Bonchev–Trinajstić information content (AvgIpc) is 3.02. The topological polar surface area (TPSA) is 99.4 Å². The maximum Gasteiger partial charge on any atom is 0.413 e. The van der Waals surface area contributed by atoms with Gasteiger partial charge in [-0.15, -0.1) is 0 Å². The lowest BCUT2D eigenvalue weighted by Gasteiger charge is -2.19. The van der Waals surface area contributed by atoms with Gasteiger partial charge in [-0.05, 0) is 45.9 Å². The summed E-state index contributed by atoms with van der Waals surface area (Å²) in [7, 11) is 0. The first-order valence-corrected chi connectivity index (χ1v) is 8.32. The minimum atomic E-state index is -0.575. The van der Waals surface area contributed by atoms with Gasteiger partial charge in [-0.3, -0.25) is 10.3 Å². The van der Waals surface area contributed by atoms with E-state index in [2.05, 4.69) is 20.4 Å². The van der Waals surface area contributed by atoms with E-state index in [1.807, 2.05) is 6.92 Å². The summed E-state index contributed by atoms with van der Waals surface area (Å²) in [5, 5.41) is 6.42. The van der Waals surface area contributed by atoms with Crippen molar-refractivity contribution in [3.8, 4) is 23.0 Å². The summed E-state index contributed by atoms with van der Waals surface area (Å²) in [5.74, 6) is 2.01. The summed E-state index contributed by atoms with van der Waals surface area (Å²) in [6.07, 6.45) is 2.56. The van der Waals surface area contributed by atoms with E-state index in [1.54, 1.807) is 57.3 Å². The molecule has 0 spiro atoms. The minimum Gasteiger partial charge on any atom is -0.456 e. The molecule has 3 rings (SSSR count). The average molecular weight is 368 g/mol. The van der Waals surface area contributed by atoms with Crippen LogP contribution in [0.25, 0.3) is 11.5 Å². The van der Waals surface area contributed by atoms with Crippen LogP contribution in [-0.4, -0.2) is 26.8 Å². The van der Waals surface area contributed by atoms with Crippen molar-refractivity contribution in [2.45, 2.75) is 33.3 Å². The van der Waals surface area contributed by atoms with Crippen LogP contribution in [0, 0.1) is 6.92 Å². The number of ether oxygens (including phenoxy) is 2. The molecule has 0 aliphatic carbocycles. The van der Waals surface area contributed by atoms with E-state index >= 15 is 0 Å². The predicted octanol–water partition coefficient (Wildman–Crippen LogP) is 4.58. The van der Waals surface area contributed by atoms with Gasteiger partial charge in [-0.25, -0.2) is 9.78 Å². The zero-order valence-corrected chi connectivity index (χ0v) is 15.5. The fourth-order valence-electron chi connectivity index (χ4n) is 2.15. The highest BCUT2D eigenvalue weighted by molar-refractivity contribution is 5.83. The molecule has 140 valence electrons. The van der Waals surface area contributed by atoms with Crippen LogP contribution in [0.15, 0.2) is 47.2 Å². The number of amides is 1. The molecule has 0 aromatic carbocycles. The van der Waals surface area contributed by atoms with Crippen molar-refractivity contribution in [1.29, 1.82) is 0 Å². The molecule has 0 bridgehead atoms. The summed E-state index contributed by atoms with van der Waals surface area (Å²) in [4.78, 5) is 20.1. The standard InChI is InChI=1S/C19H20N4O4/c1-12-9-16(27-23-12)15-10-13(7-8-20-15)25-14-5-6-17(21-11-14)22-18(24)26-19(2,3)4/h5-11H,1-4H3,(H,21,22,24). The summed E-state index contributed by atoms with van der Waals surface area (Å²) >= 11 is 0. The predicted molar refractivity (Wildman–Crippen MR) is 98.6 cm³/mol. The van der Waals surface area contributed by atoms with Crippen molar-refractivity contribution in [3.05, 3.63) is 48.4 Å². The van der Waals surface area contributed by atoms with Gasteiger partial charge in [0.15, 0.2) is 5.76 Å². The van der Waals surface area contributed by atoms with Crippen LogP contribution in [0.1, 0.15) is 26.5 Å². The van der Waals surface area contributed by atoms with Crippen LogP contribution in [-0.2, 0) is 4.74 Å². The van der Waals surface area contributed by atoms with Gasteiger partial charge in [0.05, 0.1) is 11.9 Å². The molecule has 8 nitrogen and oxygen atoms in total. The van der Waals surface area contributed by atoms with Crippen molar-refractivity contribution < 1.29 is 18.8 Å². The van der Waals surface area contributed by atoms with E-state index in [4.69, 9.17) is 14.0 Å². The second-order valence-corrected chi connectivity index (χ2v) is 6.82. The fraction of sp³-hybridized carbons (Fsp3) is 0.263. The Morgan fingerprint density at radius 3 is 2.56 bits per heavy atom. The lowest BCUT2D eigenvalue weighted by atomic mass is 10.2. The smallest absolute Gasteiger partial charge is 0.413 e. The first-order valence-electron chi connectivity index (χ1n) is 8.32. The number of hydrogen-bond donors (Lipinski definition) is 1. The lowest BCUT2D eigenvalue weighted by Crippen LogP contribution is -2.27.